The lowest BCUT2D eigenvalue weighted by molar-refractivity contribution is 0.420. The number of nitrogens with zero attached hydrogens (tertiary/aromatic N) is 2. The van der Waals surface area contributed by atoms with Crippen molar-refractivity contribution in [2.75, 3.05) is 17.7 Å². The minimum Gasteiger partial charge on any atom is -0.512 e. The Hall–Kier alpha value is -2.20. The third kappa shape index (κ3) is 3.77. The summed E-state index contributed by atoms with van der Waals surface area (Å²) in [7, 11) is 1.77. The Morgan fingerprint density at radius 2 is 1.83 bits per heavy atom. The van der Waals surface area contributed by atoms with Crippen LogP contribution in [0.4, 0.5) is 5.69 Å². The SMILES string of the molecule is C=C(O)CSC(=C)N(C(C)=NC)c1ccc(C)c2ccccc12. The zero-order valence-corrected chi connectivity index (χ0v) is 14.7. The topological polar surface area (TPSA) is 35.8 Å². The summed E-state index contributed by atoms with van der Waals surface area (Å²) in [5.41, 5.74) is 2.27. The Bertz CT molecular complexity index is 780. The molecule has 0 aromatic heterocycles. The summed E-state index contributed by atoms with van der Waals surface area (Å²) in [5, 5.41) is 12.5. The van der Waals surface area contributed by atoms with E-state index in [1.54, 1.807) is 7.05 Å². The molecule has 4 heteroatoms. The highest BCUT2D eigenvalue weighted by Gasteiger charge is 2.17. The number of aliphatic imine (C=N–C) groups is 1. The van der Waals surface area contributed by atoms with Crippen molar-refractivity contribution in [2.24, 2.45) is 4.99 Å². The van der Waals surface area contributed by atoms with Crippen molar-refractivity contribution in [1.29, 1.82) is 0 Å². The second-order valence-corrected chi connectivity index (χ2v) is 6.35. The average molecular weight is 326 g/mol. The molecule has 3 nitrogen and oxygen atoms in total. The van der Waals surface area contributed by atoms with Crippen LogP contribution in [0.5, 0.6) is 0 Å². The maximum Gasteiger partial charge on any atom is 0.105 e. The van der Waals surface area contributed by atoms with Crippen LogP contribution in [-0.2, 0) is 0 Å². The van der Waals surface area contributed by atoms with Crippen molar-refractivity contribution in [3.8, 4) is 0 Å². The van der Waals surface area contributed by atoms with Gasteiger partial charge in [-0.1, -0.05) is 43.5 Å². The third-order valence-electron chi connectivity index (χ3n) is 3.66. The largest absolute Gasteiger partial charge is 0.512 e. The van der Waals surface area contributed by atoms with Gasteiger partial charge in [-0.25, -0.2) is 0 Å². The fourth-order valence-electron chi connectivity index (χ4n) is 2.45. The van der Waals surface area contributed by atoms with Crippen LogP contribution in [0.1, 0.15) is 12.5 Å². The first-order valence-corrected chi connectivity index (χ1v) is 8.34. The lowest BCUT2D eigenvalue weighted by Gasteiger charge is -2.27. The molecular weight excluding hydrogens is 304 g/mol. The molecule has 0 atom stereocenters. The highest BCUT2D eigenvalue weighted by molar-refractivity contribution is 8.03. The van der Waals surface area contributed by atoms with Crippen molar-refractivity contribution in [1.82, 2.24) is 0 Å². The molecule has 0 fully saturated rings. The molecule has 0 radical (unpaired) electrons. The summed E-state index contributed by atoms with van der Waals surface area (Å²) >= 11 is 1.45. The van der Waals surface area contributed by atoms with E-state index in [0.717, 1.165) is 21.9 Å². The Morgan fingerprint density at radius 1 is 1.17 bits per heavy atom. The van der Waals surface area contributed by atoms with E-state index in [1.807, 2.05) is 24.0 Å². The fraction of sp³-hybridized carbons (Fsp3) is 0.211. The van der Waals surface area contributed by atoms with Gasteiger partial charge in [-0.15, -0.1) is 11.8 Å². The van der Waals surface area contributed by atoms with Crippen molar-refractivity contribution in [3.05, 3.63) is 65.9 Å². The number of aliphatic hydroxyl groups is 1. The van der Waals surface area contributed by atoms with Crippen molar-refractivity contribution in [3.63, 3.8) is 0 Å². The summed E-state index contributed by atoms with van der Waals surface area (Å²) in [4.78, 5) is 6.35. The first-order valence-electron chi connectivity index (χ1n) is 7.36. The first kappa shape index (κ1) is 17.2. The summed E-state index contributed by atoms with van der Waals surface area (Å²) < 4.78 is 0. The highest BCUT2D eigenvalue weighted by atomic mass is 32.2. The van der Waals surface area contributed by atoms with Crippen LogP contribution in [0.15, 0.2) is 65.3 Å². The molecule has 0 heterocycles. The zero-order chi connectivity index (χ0) is 17.0. The second-order valence-electron chi connectivity index (χ2n) is 5.30. The molecule has 0 aliphatic carbocycles. The minimum atomic E-state index is 0.135. The maximum absolute atomic E-state index is 9.35. The molecule has 0 bridgehead atoms. The number of aliphatic hydroxyl groups excluding tert-OH is 1. The van der Waals surface area contributed by atoms with Crippen LogP contribution in [0.2, 0.25) is 0 Å². The van der Waals surface area contributed by atoms with Gasteiger partial charge < -0.3 is 5.11 Å². The Kier molecular flexibility index (Phi) is 5.50. The number of hydrogen-bond acceptors (Lipinski definition) is 3. The van der Waals surface area contributed by atoms with Crippen LogP contribution in [0.25, 0.3) is 10.8 Å². The summed E-state index contributed by atoms with van der Waals surface area (Å²) in [6, 6.07) is 12.5. The lowest BCUT2D eigenvalue weighted by Crippen LogP contribution is -2.26. The van der Waals surface area contributed by atoms with Crippen molar-refractivity contribution in [2.45, 2.75) is 13.8 Å². The van der Waals surface area contributed by atoms with E-state index in [0.29, 0.717) is 5.75 Å². The number of aryl methyl sites for hydroxylation is 1. The van der Waals surface area contributed by atoms with Gasteiger partial charge in [0.05, 0.1) is 22.2 Å². The van der Waals surface area contributed by atoms with Crippen LogP contribution in [0, 0.1) is 6.92 Å². The van der Waals surface area contributed by atoms with E-state index < -0.39 is 0 Å². The summed E-state index contributed by atoms with van der Waals surface area (Å²) in [5.74, 6) is 1.40. The van der Waals surface area contributed by atoms with Gasteiger partial charge in [0, 0.05) is 12.4 Å². The quantitative estimate of drug-likeness (QED) is 0.461. The molecule has 120 valence electrons. The van der Waals surface area contributed by atoms with Gasteiger partial charge in [-0.05, 0) is 30.9 Å². The molecular formula is C19H22N2OS. The summed E-state index contributed by atoms with van der Waals surface area (Å²) in [6.45, 7) is 11.7. The molecule has 1 N–H and O–H groups in total. The van der Waals surface area contributed by atoms with Gasteiger partial charge in [0.2, 0.25) is 0 Å². The van der Waals surface area contributed by atoms with E-state index in [-0.39, 0.29) is 5.76 Å². The van der Waals surface area contributed by atoms with E-state index in [2.05, 4.69) is 49.3 Å². The molecule has 0 saturated carbocycles. The van der Waals surface area contributed by atoms with Gasteiger partial charge in [-0.3, -0.25) is 9.89 Å². The first-order chi connectivity index (χ1) is 11.0. The van der Waals surface area contributed by atoms with Crippen molar-refractivity contribution >= 4 is 34.1 Å². The molecule has 0 unspecified atom stereocenters. The molecule has 0 spiro atoms. The predicted molar refractivity (Wildman–Crippen MR) is 104 cm³/mol. The van der Waals surface area contributed by atoms with Gasteiger partial charge in [-0.2, -0.15) is 0 Å². The molecule has 0 aliphatic rings. The number of fused-ring (bicyclic) bond motifs is 1. The van der Waals surface area contributed by atoms with Gasteiger partial charge in [0.25, 0.3) is 0 Å². The van der Waals surface area contributed by atoms with E-state index in [4.69, 9.17) is 0 Å². The Balaban J connectivity index is 2.55. The van der Waals surface area contributed by atoms with Gasteiger partial charge in [0.15, 0.2) is 0 Å². The molecule has 23 heavy (non-hydrogen) atoms. The molecule has 0 aliphatic heterocycles. The Labute approximate surface area is 142 Å². The molecule has 0 amide bonds. The van der Waals surface area contributed by atoms with E-state index in [1.165, 1.54) is 22.7 Å². The zero-order valence-electron chi connectivity index (χ0n) is 13.8. The number of anilines is 1. The fourth-order valence-corrected chi connectivity index (χ4v) is 3.14. The monoisotopic (exact) mass is 326 g/mol. The smallest absolute Gasteiger partial charge is 0.105 e. The number of hydrogen-bond donors (Lipinski definition) is 1. The number of benzene rings is 2. The standard InChI is InChI=1S/C19H22N2OS/c1-13-10-11-19(18-9-7-6-8-17(13)18)21(15(3)20-5)16(4)23-12-14(2)22/h6-11,22H,2,4,12H2,1,3,5H3. The van der Waals surface area contributed by atoms with Crippen LogP contribution < -0.4 is 4.90 Å². The Morgan fingerprint density at radius 3 is 2.43 bits per heavy atom. The van der Waals surface area contributed by atoms with Gasteiger partial charge in [0.1, 0.15) is 5.84 Å². The average Bonchev–Trinajstić information content (AvgIpc) is 2.55. The highest BCUT2D eigenvalue weighted by Crippen LogP contribution is 2.34. The van der Waals surface area contributed by atoms with Crippen molar-refractivity contribution < 1.29 is 5.11 Å². The maximum atomic E-state index is 9.35. The van der Waals surface area contributed by atoms with Crippen LogP contribution >= 0.6 is 11.8 Å². The second kappa shape index (κ2) is 7.38. The number of rotatable bonds is 5. The van der Waals surface area contributed by atoms with E-state index >= 15 is 0 Å². The predicted octanol–water partition coefficient (Wildman–Crippen LogP) is 5.28. The lowest BCUT2D eigenvalue weighted by atomic mass is 10.0. The normalized spacial score (nSPS) is 11.5. The molecule has 0 saturated heterocycles. The van der Waals surface area contributed by atoms with E-state index in [9.17, 15) is 5.11 Å². The van der Waals surface area contributed by atoms with Gasteiger partial charge >= 0.3 is 0 Å². The molecule has 2 aromatic rings. The number of amidine groups is 1. The third-order valence-corrected chi connectivity index (χ3v) is 4.66. The van der Waals surface area contributed by atoms with Crippen LogP contribution in [0.3, 0.4) is 0 Å². The van der Waals surface area contributed by atoms with Crippen LogP contribution in [-0.4, -0.2) is 23.7 Å². The number of thioether (sulfide) groups is 1. The summed E-state index contributed by atoms with van der Waals surface area (Å²) in [6.07, 6.45) is 0. The molecule has 2 aromatic carbocycles. The molecule has 2 rings (SSSR count). The minimum absolute atomic E-state index is 0.135.